The summed E-state index contributed by atoms with van der Waals surface area (Å²) in [6, 6.07) is 1.36. The van der Waals surface area contributed by atoms with Crippen LogP contribution in [-0.4, -0.2) is 40.1 Å². The average Bonchev–Trinajstić information content (AvgIpc) is 3.07. The van der Waals surface area contributed by atoms with Crippen LogP contribution in [0.1, 0.15) is 45.3 Å². The van der Waals surface area contributed by atoms with Crippen molar-refractivity contribution in [1.29, 1.82) is 0 Å². The van der Waals surface area contributed by atoms with E-state index >= 15 is 0 Å². The molecule has 4 nitrogen and oxygen atoms in total. The number of nitrogens with zero attached hydrogens (tertiary/aromatic N) is 3. The van der Waals surface area contributed by atoms with E-state index in [0.29, 0.717) is 6.04 Å². The second kappa shape index (κ2) is 6.34. The van der Waals surface area contributed by atoms with Crippen molar-refractivity contribution in [2.45, 2.75) is 52.2 Å². The average molecular weight is 250 g/mol. The Labute approximate surface area is 110 Å². The normalized spacial score (nSPS) is 15.8. The Hall–Kier alpha value is -0.870. The van der Waals surface area contributed by atoms with E-state index in [0.717, 1.165) is 25.7 Å². The molecule has 0 spiro atoms. The van der Waals surface area contributed by atoms with Crippen LogP contribution in [0.25, 0.3) is 0 Å². The quantitative estimate of drug-likeness (QED) is 0.717. The third-order valence-corrected chi connectivity index (χ3v) is 3.65. The first-order chi connectivity index (χ1) is 8.72. The zero-order chi connectivity index (χ0) is 13.0. The number of hydrogen-bond acceptors (Lipinski definition) is 3. The Bertz CT molecular complexity index is 354. The summed E-state index contributed by atoms with van der Waals surface area (Å²) in [7, 11) is 0. The van der Waals surface area contributed by atoms with Gasteiger partial charge in [0.25, 0.3) is 0 Å². The Balaban J connectivity index is 1.69. The molecule has 1 fully saturated rings. The van der Waals surface area contributed by atoms with Crippen molar-refractivity contribution in [3.8, 4) is 0 Å². The molecule has 0 bridgehead atoms. The Morgan fingerprint density at radius 1 is 1.50 bits per heavy atom. The Morgan fingerprint density at radius 2 is 2.28 bits per heavy atom. The van der Waals surface area contributed by atoms with Gasteiger partial charge >= 0.3 is 0 Å². The van der Waals surface area contributed by atoms with Gasteiger partial charge in [-0.3, -0.25) is 4.90 Å². The number of imidazole rings is 1. The summed E-state index contributed by atoms with van der Waals surface area (Å²) in [6.07, 6.45) is 6.68. The molecule has 0 atom stereocenters. The van der Waals surface area contributed by atoms with Crippen LogP contribution < -0.4 is 5.32 Å². The Kier molecular flexibility index (Phi) is 4.78. The maximum Gasteiger partial charge on any atom is 0.0951 e. The van der Waals surface area contributed by atoms with Crippen molar-refractivity contribution < 1.29 is 0 Å². The molecule has 0 aliphatic heterocycles. The maximum atomic E-state index is 4.22. The van der Waals surface area contributed by atoms with Gasteiger partial charge < -0.3 is 9.88 Å². The highest BCUT2D eigenvalue weighted by Crippen LogP contribution is 2.25. The summed E-state index contributed by atoms with van der Waals surface area (Å²) in [5.74, 6) is 0. The minimum absolute atomic E-state index is 0.489. The van der Waals surface area contributed by atoms with Gasteiger partial charge in [-0.25, -0.2) is 4.98 Å². The molecule has 1 N–H and O–H groups in total. The molecule has 18 heavy (non-hydrogen) atoms. The van der Waals surface area contributed by atoms with Gasteiger partial charge in [-0.1, -0.05) is 6.92 Å². The fraction of sp³-hybridized carbons (Fsp3) is 0.786. The molecule has 0 radical (unpaired) electrons. The van der Waals surface area contributed by atoms with Crippen LogP contribution in [-0.2, 0) is 6.54 Å². The molecular formula is C14H26N4. The van der Waals surface area contributed by atoms with Crippen molar-refractivity contribution in [3.05, 3.63) is 18.2 Å². The fourth-order valence-corrected chi connectivity index (χ4v) is 2.41. The van der Waals surface area contributed by atoms with Gasteiger partial charge in [0.1, 0.15) is 0 Å². The first-order valence-corrected chi connectivity index (χ1v) is 7.17. The molecule has 0 saturated heterocycles. The van der Waals surface area contributed by atoms with Crippen LogP contribution in [0.5, 0.6) is 0 Å². The fourth-order valence-electron chi connectivity index (χ4n) is 2.41. The minimum Gasteiger partial charge on any atom is -0.331 e. The van der Waals surface area contributed by atoms with Crippen molar-refractivity contribution in [3.63, 3.8) is 0 Å². The molecule has 1 aromatic rings. The van der Waals surface area contributed by atoms with E-state index in [4.69, 9.17) is 0 Å². The first kappa shape index (κ1) is 13.6. The second-order valence-corrected chi connectivity index (χ2v) is 5.42. The topological polar surface area (TPSA) is 33.1 Å². The molecule has 1 saturated carbocycles. The number of rotatable bonds is 8. The van der Waals surface area contributed by atoms with Gasteiger partial charge in [0.05, 0.1) is 12.0 Å². The SMILES string of the molecule is CCN(CCNCc1cncn1C(C)C)C1CC1. The summed E-state index contributed by atoms with van der Waals surface area (Å²) in [5, 5.41) is 3.53. The molecule has 1 aromatic heterocycles. The summed E-state index contributed by atoms with van der Waals surface area (Å²) in [5.41, 5.74) is 1.28. The number of likely N-dealkylation sites (N-methyl/N-ethyl adjacent to an activating group) is 1. The second-order valence-electron chi connectivity index (χ2n) is 5.42. The van der Waals surface area contributed by atoms with Crippen LogP contribution in [0.3, 0.4) is 0 Å². The first-order valence-electron chi connectivity index (χ1n) is 7.17. The molecule has 0 amide bonds. The lowest BCUT2D eigenvalue weighted by Gasteiger charge is -2.20. The van der Waals surface area contributed by atoms with Gasteiger partial charge in [-0.2, -0.15) is 0 Å². The van der Waals surface area contributed by atoms with Crippen molar-refractivity contribution in [1.82, 2.24) is 19.8 Å². The predicted octanol–water partition coefficient (Wildman–Crippen LogP) is 2.04. The van der Waals surface area contributed by atoms with E-state index in [1.807, 2.05) is 12.5 Å². The van der Waals surface area contributed by atoms with Crippen LogP contribution in [0, 0.1) is 0 Å². The lowest BCUT2D eigenvalue weighted by molar-refractivity contribution is 0.276. The van der Waals surface area contributed by atoms with Crippen LogP contribution in [0.15, 0.2) is 12.5 Å². The Morgan fingerprint density at radius 3 is 2.89 bits per heavy atom. The van der Waals surface area contributed by atoms with Crippen molar-refractivity contribution >= 4 is 0 Å². The molecule has 4 heteroatoms. The monoisotopic (exact) mass is 250 g/mol. The lowest BCUT2D eigenvalue weighted by atomic mass is 10.3. The van der Waals surface area contributed by atoms with E-state index < -0.39 is 0 Å². The molecular weight excluding hydrogens is 224 g/mol. The van der Waals surface area contributed by atoms with Crippen LogP contribution in [0.4, 0.5) is 0 Å². The number of nitrogens with one attached hydrogen (secondary N) is 1. The van der Waals surface area contributed by atoms with E-state index in [2.05, 4.69) is 40.5 Å². The summed E-state index contributed by atoms with van der Waals surface area (Å²) in [4.78, 5) is 6.80. The highest BCUT2D eigenvalue weighted by atomic mass is 15.2. The van der Waals surface area contributed by atoms with Gasteiger partial charge in [0.2, 0.25) is 0 Å². The summed E-state index contributed by atoms with van der Waals surface area (Å²) in [6.45, 7) is 11.0. The minimum atomic E-state index is 0.489. The summed E-state index contributed by atoms with van der Waals surface area (Å²) >= 11 is 0. The van der Waals surface area contributed by atoms with E-state index in [9.17, 15) is 0 Å². The van der Waals surface area contributed by atoms with Crippen LogP contribution in [0.2, 0.25) is 0 Å². The highest BCUT2D eigenvalue weighted by molar-refractivity contribution is 4.99. The highest BCUT2D eigenvalue weighted by Gasteiger charge is 2.26. The van der Waals surface area contributed by atoms with Crippen LogP contribution >= 0.6 is 0 Å². The lowest BCUT2D eigenvalue weighted by Crippen LogP contribution is -2.33. The third kappa shape index (κ3) is 3.56. The number of aromatic nitrogens is 2. The smallest absolute Gasteiger partial charge is 0.0951 e. The zero-order valence-corrected chi connectivity index (χ0v) is 11.9. The van der Waals surface area contributed by atoms with Crippen molar-refractivity contribution in [2.24, 2.45) is 0 Å². The van der Waals surface area contributed by atoms with E-state index in [1.54, 1.807) is 0 Å². The molecule has 1 aliphatic rings. The summed E-state index contributed by atoms with van der Waals surface area (Å²) < 4.78 is 2.23. The maximum absolute atomic E-state index is 4.22. The van der Waals surface area contributed by atoms with E-state index in [1.165, 1.54) is 25.1 Å². The molecule has 2 rings (SSSR count). The number of hydrogen-bond donors (Lipinski definition) is 1. The van der Waals surface area contributed by atoms with Gasteiger partial charge in [-0.15, -0.1) is 0 Å². The molecule has 102 valence electrons. The predicted molar refractivity (Wildman–Crippen MR) is 74.6 cm³/mol. The zero-order valence-electron chi connectivity index (χ0n) is 11.9. The molecule has 1 heterocycles. The van der Waals surface area contributed by atoms with E-state index in [-0.39, 0.29) is 0 Å². The van der Waals surface area contributed by atoms with Gasteiger partial charge in [-0.05, 0) is 33.2 Å². The molecule has 0 unspecified atom stereocenters. The van der Waals surface area contributed by atoms with Gasteiger partial charge in [0.15, 0.2) is 0 Å². The standard InChI is InChI=1S/C14H26N4/c1-4-17(13-5-6-13)8-7-15-9-14-10-16-11-18(14)12(2)3/h10-13,15H,4-9H2,1-3H3. The molecule has 1 aliphatic carbocycles. The third-order valence-electron chi connectivity index (χ3n) is 3.65. The molecule has 0 aromatic carbocycles. The van der Waals surface area contributed by atoms with Gasteiger partial charge in [0, 0.05) is 37.9 Å². The largest absolute Gasteiger partial charge is 0.331 e. The van der Waals surface area contributed by atoms with Crippen molar-refractivity contribution in [2.75, 3.05) is 19.6 Å².